The van der Waals surface area contributed by atoms with E-state index in [1.165, 1.54) is 5.56 Å². The molecule has 1 aromatic rings. The van der Waals surface area contributed by atoms with E-state index in [4.69, 9.17) is 11.5 Å². The summed E-state index contributed by atoms with van der Waals surface area (Å²) in [5.41, 5.74) is 13.8. The third kappa shape index (κ3) is 4.75. The van der Waals surface area contributed by atoms with Gasteiger partial charge in [0.2, 0.25) is 0 Å². The van der Waals surface area contributed by atoms with Crippen molar-refractivity contribution in [3.05, 3.63) is 29.8 Å². The zero-order valence-corrected chi connectivity index (χ0v) is 10.8. The molecule has 1 unspecified atom stereocenters. The van der Waals surface area contributed by atoms with Crippen LogP contribution in [-0.2, 0) is 0 Å². The number of rotatable bonds is 8. The van der Waals surface area contributed by atoms with Gasteiger partial charge < -0.3 is 16.8 Å². The Labute approximate surface area is 105 Å². The van der Waals surface area contributed by atoms with Gasteiger partial charge in [-0.2, -0.15) is 0 Å². The number of hydrogen-bond acceptors (Lipinski definition) is 3. The molecule has 3 nitrogen and oxygen atoms in total. The number of hydrogen-bond donors (Lipinski definition) is 3. The molecule has 0 aromatic heterocycles. The first kappa shape index (κ1) is 14.0. The minimum absolute atomic E-state index is 0.478. The van der Waals surface area contributed by atoms with Crippen LogP contribution in [-0.4, -0.2) is 19.6 Å². The number of para-hydroxylation sites is 1. The van der Waals surface area contributed by atoms with Crippen LogP contribution in [0.1, 0.15) is 37.7 Å². The Morgan fingerprint density at radius 2 is 2.06 bits per heavy atom. The van der Waals surface area contributed by atoms with Gasteiger partial charge in [0.25, 0.3) is 0 Å². The van der Waals surface area contributed by atoms with Crippen LogP contribution in [0, 0.1) is 0 Å². The highest BCUT2D eigenvalue weighted by atomic mass is 14.9. The summed E-state index contributed by atoms with van der Waals surface area (Å²) in [6, 6.07) is 8.15. The average Bonchev–Trinajstić information content (AvgIpc) is 2.35. The van der Waals surface area contributed by atoms with Gasteiger partial charge in [-0.05, 0) is 49.9 Å². The molecule has 1 aromatic carbocycles. The molecule has 0 saturated heterocycles. The average molecular weight is 235 g/mol. The lowest BCUT2D eigenvalue weighted by molar-refractivity contribution is 0.536. The van der Waals surface area contributed by atoms with Crippen molar-refractivity contribution >= 4 is 5.69 Å². The fourth-order valence-electron chi connectivity index (χ4n) is 2.07. The number of nitrogens with one attached hydrogen (secondary N) is 1. The predicted molar refractivity (Wildman–Crippen MR) is 75.0 cm³/mol. The van der Waals surface area contributed by atoms with Gasteiger partial charge >= 0.3 is 0 Å². The fraction of sp³-hybridized carbons (Fsp3) is 0.571. The molecule has 0 aliphatic rings. The summed E-state index contributed by atoms with van der Waals surface area (Å²) in [5, 5.41) is 3.47. The Hall–Kier alpha value is -1.06. The third-order valence-electron chi connectivity index (χ3n) is 3.01. The molecule has 0 aliphatic carbocycles. The van der Waals surface area contributed by atoms with Gasteiger partial charge in [0.1, 0.15) is 0 Å². The SMILES string of the molecule is CCCNCC(CCCN)c1ccccc1N. The Balaban J connectivity index is 2.64. The maximum Gasteiger partial charge on any atom is 0.0349 e. The van der Waals surface area contributed by atoms with Crippen molar-refractivity contribution in [2.45, 2.75) is 32.1 Å². The monoisotopic (exact) mass is 235 g/mol. The second kappa shape index (κ2) is 8.09. The van der Waals surface area contributed by atoms with Gasteiger partial charge in [0.05, 0.1) is 0 Å². The number of anilines is 1. The molecule has 0 spiro atoms. The van der Waals surface area contributed by atoms with E-state index in [-0.39, 0.29) is 0 Å². The first-order chi connectivity index (χ1) is 8.29. The van der Waals surface area contributed by atoms with E-state index in [0.29, 0.717) is 5.92 Å². The highest BCUT2D eigenvalue weighted by Gasteiger charge is 2.12. The summed E-state index contributed by atoms with van der Waals surface area (Å²) in [5.74, 6) is 0.478. The molecular formula is C14H25N3. The van der Waals surface area contributed by atoms with E-state index in [2.05, 4.69) is 24.4 Å². The summed E-state index contributed by atoms with van der Waals surface area (Å²) in [7, 11) is 0. The molecule has 0 radical (unpaired) electrons. The first-order valence-corrected chi connectivity index (χ1v) is 6.54. The largest absolute Gasteiger partial charge is 0.398 e. The van der Waals surface area contributed by atoms with Gasteiger partial charge in [-0.25, -0.2) is 0 Å². The quantitative estimate of drug-likeness (QED) is 0.477. The molecular weight excluding hydrogens is 210 g/mol. The van der Waals surface area contributed by atoms with Crippen molar-refractivity contribution in [1.82, 2.24) is 5.32 Å². The van der Waals surface area contributed by atoms with E-state index in [0.717, 1.165) is 44.6 Å². The molecule has 0 saturated carbocycles. The van der Waals surface area contributed by atoms with E-state index in [1.807, 2.05) is 12.1 Å². The van der Waals surface area contributed by atoms with Crippen LogP contribution in [0.15, 0.2) is 24.3 Å². The number of benzene rings is 1. The molecule has 0 aliphatic heterocycles. The predicted octanol–water partition coefficient (Wildman–Crippen LogP) is 2.09. The summed E-state index contributed by atoms with van der Waals surface area (Å²) in [4.78, 5) is 0. The molecule has 96 valence electrons. The van der Waals surface area contributed by atoms with Crippen LogP contribution in [0.4, 0.5) is 5.69 Å². The molecule has 5 N–H and O–H groups in total. The Morgan fingerprint density at radius 3 is 2.71 bits per heavy atom. The molecule has 0 bridgehead atoms. The van der Waals surface area contributed by atoms with Crippen LogP contribution in [0.25, 0.3) is 0 Å². The van der Waals surface area contributed by atoms with Gasteiger partial charge in [-0.3, -0.25) is 0 Å². The minimum Gasteiger partial charge on any atom is -0.398 e. The van der Waals surface area contributed by atoms with E-state index in [9.17, 15) is 0 Å². The highest BCUT2D eigenvalue weighted by Crippen LogP contribution is 2.25. The number of nitrogens with two attached hydrogens (primary N) is 2. The molecule has 3 heteroatoms. The minimum atomic E-state index is 0.478. The lowest BCUT2D eigenvalue weighted by Gasteiger charge is -2.19. The zero-order chi connectivity index (χ0) is 12.5. The summed E-state index contributed by atoms with van der Waals surface area (Å²) in [6.45, 7) is 4.98. The van der Waals surface area contributed by atoms with Gasteiger partial charge in [0.15, 0.2) is 0 Å². The van der Waals surface area contributed by atoms with Crippen LogP contribution in [0.5, 0.6) is 0 Å². The molecule has 17 heavy (non-hydrogen) atoms. The van der Waals surface area contributed by atoms with E-state index in [1.54, 1.807) is 0 Å². The van der Waals surface area contributed by atoms with Crippen molar-refractivity contribution in [2.75, 3.05) is 25.4 Å². The highest BCUT2D eigenvalue weighted by molar-refractivity contribution is 5.48. The third-order valence-corrected chi connectivity index (χ3v) is 3.01. The molecule has 0 heterocycles. The second-order valence-corrected chi connectivity index (χ2v) is 4.46. The van der Waals surface area contributed by atoms with E-state index < -0.39 is 0 Å². The Bertz CT molecular complexity index is 312. The van der Waals surface area contributed by atoms with Crippen LogP contribution < -0.4 is 16.8 Å². The maximum absolute atomic E-state index is 6.04. The van der Waals surface area contributed by atoms with Crippen molar-refractivity contribution in [2.24, 2.45) is 5.73 Å². The Morgan fingerprint density at radius 1 is 1.29 bits per heavy atom. The van der Waals surface area contributed by atoms with Crippen molar-refractivity contribution in [3.8, 4) is 0 Å². The lowest BCUT2D eigenvalue weighted by Crippen LogP contribution is -2.23. The normalized spacial score (nSPS) is 12.6. The van der Waals surface area contributed by atoms with E-state index >= 15 is 0 Å². The molecule has 0 fully saturated rings. The smallest absolute Gasteiger partial charge is 0.0349 e. The van der Waals surface area contributed by atoms with Crippen LogP contribution >= 0.6 is 0 Å². The van der Waals surface area contributed by atoms with Crippen molar-refractivity contribution in [1.29, 1.82) is 0 Å². The zero-order valence-electron chi connectivity index (χ0n) is 10.8. The van der Waals surface area contributed by atoms with Gasteiger partial charge in [-0.15, -0.1) is 0 Å². The first-order valence-electron chi connectivity index (χ1n) is 6.54. The molecule has 1 atom stereocenters. The molecule has 1 rings (SSSR count). The fourth-order valence-corrected chi connectivity index (χ4v) is 2.07. The van der Waals surface area contributed by atoms with Gasteiger partial charge in [0, 0.05) is 12.2 Å². The standard InChI is InChI=1S/C14H25N3/c1-2-10-17-11-12(6-5-9-15)13-7-3-4-8-14(13)16/h3-4,7-8,12,17H,2,5-6,9-11,15-16H2,1H3. The second-order valence-electron chi connectivity index (χ2n) is 4.46. The van der Waals surface area contributed by atoms with Crippen molar-refractivity contribution in [3.63, 3.8) is 0 Å². The van der Waals surface area contributed by atoms with Crippen molar-refractivity contribution < 1.29 is 0 Å². The van der Waals surface area contributed by atoms with Gasteiger partial charge in [-0.1, -0.05) is 25.1 Å². The summed E-state index contributed by atoms with van der Waals surface area (Å²) >= 11 is 0. The van der Waals surface area contributed by atoms with Crippen LogP contribution in [0.3, 0.4) is 0 Å². The number of nitrogen functional groups attached to an aromatic ring is 1. The maximum atomic E-state index is 6.04. The summed E-state index contributed by atoms with van der Waals surface area (Å²) in [6.07, 6.45) is 3.31. The topological polar surface area (TPSA) is 64.1 Å². The lowest BCUT2D eigenvalue weighted by atomic mass is 9.92. The van der Waals surface area contributed by atoms with Crippen LogP contribution in [0.2, 0.25) is 0 Å². The molecule has 0 amide bonds. The Kier molecular flexibility index (Phi) is 6.67. The summed E-state index contributed by atoms with van der Waals surface area (Å²) < 4.78 is 0.